The molecule has 0 radical (unpaired) electrons. The Morgan fingerprint density at radius 3 is 2.60 bits per heavy atom. The molecule has 1 aliphatic heterocycles. The summed E-state index contributed by atoms with van der Waals surface area (Å²) in [5.41, 5.74) is 0.544. The van der Waals surface area contributed by atoms with Crippen molar-refractivity contribution in [2.75, 3.05) is 0 Å². The Hall–Kier alpha value is -1.78. The minimum absolute atomic E-state index is 0.00341. The summed E-state index contributed by atoms with van der Waals surface area (Å²) >= 11 is 0. The minimum atomic E-state index is -0.558. The van der Waals surface area contributed by atoms with Crippen LogP contribution < -0.4 is 5.32 Å². The van der Waals surface area contributed by atoms with Gasteiger partial charge in [0.25, 0.3) is 0 Å². The van der Waals surface area contributed by atoms with Crippen LogP contribution in [-0.4, -0.2) is 40.6 Å². The zero-order chi connectivity index (χ0) is 18.8. The molecule has 4 atom stereocenters. The molecule has 1 aliphatic carbocycles. The van der Waals surface area contributed by atoms with Crippen LogP contribution in [0.1, 0.15) is 60.3 Å². The second-order valence-corrected chi connectivity index (χ2v) is 8.24. The zero-order valence-corrected chi connectivity index (χ0v) is 16.2. The highest BCUT2D eigenvalue weighted by atomic mass is 16.6. The molecule has 1 unspecified atom stereocenters. The molecule has 5 nitrogen and oxygen atoms in total. The second kappa shape index (κ2) is 7.63. The lowest BCUT2D eigenvalue weighted by atomic mass is 9.97. The van der Waals surface area contributed by atoms with Gasteiger partial charge in [-0.3, -0.25) is 9.69 Å². The molecule has 0 aromatic carbocycles. The number of fused-ring (bicyclic) bond motifs is 2. The number of hydrogen-bond donors (Lipinski definition) is 1. The smallest absolute Gasteiger partial charge is 0.411 e. The number of nitrogens with zero attached hydrogens (tertiary/aromatic N) is 1. The van der Waals surface area contributed by atoms with E-state index in [4.69, 9.17) is 4.74 Å². The summed E-state index contributed by atoms with van der Waals surface area (Å²) in [7, 11) is 0. The van der Waals surface area contributed by atoms with Gasteiger partial charge in [-0.1, -0.05) is 24.3 Å². The lowest BCUT2D eigenvalue weighted by molar-refractivity contribution is -0.128. The van der Waals surface area contributed by atoms with E-state index in [9.17, 15) is 9.59 Å². The average molecular weight is 348 g/mol. The fourth-order valence-electron chi connectivity index (χ4n) is 3.95. The van der Waals surface area contributed by atoms with Gasteiger partial charge in [0.1, 0.15) is 11.6 Å². The SMILES string of the molecule is C=C/C(=C\C)C[C@@H](C)NC(=O)[C@@H]1[C@H]2CCC(C2)N1C(=O)OC(C)(C)C. The van der Waals surface area contributed by atoms with E-state index < -0.39 is 11.6 Å². The summed E-state index contributed by atoms with van der Waals surface area (Å²) in [6.07, 6.45) is 7.05. The normalized spacial score (nSPS) is 27.2. The van der Waals surface area contributed by atoms with Crippen molar-refractivity contribution < 1.29 is 14.3 Å². The topological polar surface area (TPSA) is 58.6 Å². The second-order valence-electron chi connectivity index (χ2n) is 8.24. The first-order chi connectivity index (χ1) is 11.7. The molecule has 1 saturated heterocycles. The average Bonchev–Trinajstić information content (AvgIpc) is 3.11. The van der Waals surface area contributed by atoms with Gasteiger partial charge in [0, 0.05) is 12.1 Å². The van der Waals surface area contributed by atoms with Crippen LogP contribution in [0.4, 0.5) is 4.79 Å². The third-order valence-electron chi connectivity index (χ3n) is 5.02. The van der Waals surface area contributed by atoms with E-state index in [1.54, 1.807) is 4.90 Å². The number of carbonyl (C=O) groups is 2. The van der Waals surface area contributed by atoms with Crippen molar-refractivity contribution in [2.24, 2.45) is 5.92 Å². The standard InChI is InChI=1S/C20H32N2O3/c1-7-14(8-2)11-13(3)21-18(23)17-15-9-10-16(12-15)22(17)19(24)25-20(4,5)6/h7-8,13,15-17H,1,9-12H2,2-6H3,(H,21,23)/b14-8+/t13-,15+,16?,17+/m1/s1. The number of likely N-dealkylation sites (tertiary alicyclic amines) is 1. The van der Waals surface area contributed by atoms with Gasteiger partial charge in [-0.25, -0.2) is 4.79 Å². The van der Waals surface area contributed by atoms with Gasteiger partial charge in [-0.15, -0.1) is 0 Å². The van der Waals surface area contributed by atoms with E-state index in [1.807, 2.05) is 46.8 Å². The highest BCUT2D eigenvalue weighted by Gasteiger charge is 2.52. The van der Waals surface area contributed by atoms with Crippen molar-refractivity contribution in [1.29, 1.82) is 0 Å². The maximum Gasteiger partial charge on any atom is 0.411 e. The van der Waals surface area contributed by atoms with Crippen LogP contribution in [0.15, 0.2) is 24.3 Å². The minimum Gasteiger partial charge on any atom is -0.444 e. The van der Waals surface area contributed by atoms with Crippen LogP contribution in [0, 0.1) is 5.92 Å². The number of hydrogen-bond acceptors (Lipinski definition) is 3. The number of ether oxygens (including phenoxy) is 1. The van der Waals surface area contributed by atoms with Crippen molar-refractivity contribution in [3.63, 3.8) is 0 Å². The van der Waals surface area contributed by atoms with Crippen molar-refractivity contribution in [2.45, 2.75) is 84.0 Å². The predicted octanol–water partition coefficient (Wildman–Crippen LogP) is 3.80. The molecule has 0 spiro atoms. The third-order valence-corrected chi connectivity index (χ3v) is 5.02. The molecule has 1 N–H and O–H groups in total. The fourth-order valence-corrected chi connectivity index (χ4v) is 3.95. The van der Waals surface area contributed by atoms with Crippen LogP contribution in [-0.2, 0) is 9.53 Å². The Labute approximate surface area is 151 Å². The van der Waals surface area contributed by atoms with E-state index in [0.29, 0.717) is 0 Å². The fraction of sp³-hybridized carbons (Fsp3) is 0.700. The van der Waals surface area contributed by atoms with Gasteiger partial charge < -0.3 is 10.1 Å². The Kier molecular flexibility index (Phi) is 5.96. The predicted molar refractivity (Wildman–Crippen MR) is 99.2 cm³/mol. The summed E-state index contributed by atoms with van der Waals surface area (Å²) < 4.78 is 5.54. The Balaban J connectivity index is 2.06. The number of piperidine rings is 1. The highest BCUT2D eigenvalue weighted by Crippen LogP contribution is 2.43. The first-order valence-corrected chi connectivity index (χ1v) is 9.25. The molecular weight excluding hydrogens is 316 g/mol. The third kappa shape index (κ3) is 4.65. The largest absolute Gasteiger partial charge is 0.444 e. The summed E-state index contributed by atoms with van der Waals surface area (Å²) in [5, 5.41) is 3.08. The molecule has 25 heavy (non-hydrogen) atoms. The molecule has 2 amide bonds. The van der Waals surface area contributed by atoms with Crippen molar-refractivity contribution in [3.05, 3.63) is 24.3 Å². The number of carbonyl (C=O) groups excluding carboxylic acids is 2. The molecule has 5 heteroatoms. The first-order valence-electron chi connectivity index (χ1n) is 9.25. The molecule has 1 heterocycles. The monoisotopic (exact) mass is 348 g/mol. The van der Waals surface area contributed by atoms with Gasteiger partial charge in [0.2, 0.25) is 5.91 Å². The lowest BCUT2D eigenvalue weighted by Crippen LogP contribution is -2.55. The molecule has 1 saturated carbocycles. The van der Waals surface area contributed by atoms with Crippen molar-refractivity contribution in [1.82, 2.24) is 10.2 Å². The van der Waals surface area contributed by atoms with Gasteiger partial charge in [-0.05, 0) is 66.2 Å². The van der Waals surface area contributed by atoms with Crippen molar-refractivity contribution in [3.8, 4) is 0 Å². The van der Waals surface area contributed by atoms with Crippen LogP contribution in [0.25, 0.3) is 0 Å². The Bertz CT molecular complexity index is 562. The van der Waals surface area contributed by atoms with E-state index in [-0.39, 0.29) is 30.0 Å². The molecular formula is C20H32N2O3. The molecule has 2 aliphatic rings. The van der Waals surface area contributed by atoms with Crippen LogP contribution in [0.2, 0.25) is 0 Å². The molecule has 0 aromatic rings. The Morgan fingerprint density at radius 1 is 1.36 bits per heavy atom. The first kappa shape index (κ1) is 19.5. The van der Waals surface area contributed by atoms with Gasteiger partial charge >= 0.3 is 6.09 Å². The quantitative estimate of drug-likeness (QED) is 0.769. The zero-order valence-electron chi connectivity index (χ0n) is 16.2. The molecule has 0 aromatic heterocycles. The maximum absolute atomic E-state index is 12.9. The Morgan fingerprint density at radius 2 is 2.04 bits per heavy atom. The number of nitrogens with one attached hydrogen (secondary N) is 1. The maximum atomic E-state index is 12.9. The summed E-state index contributed by atoms with van der Waals surface area (Å²) in [6.45, 7) is 13.3. The van der Waals surface area contributed by atoms with E-state index >= 15 is 0 Å². The van der Waals surface area contributed by atoms with Crippen LogP contribution in [0.3, 0.4) is 0 Å². The van der Waals surface area contributed by atoms with E-state index in [2.05, 4.69) is 11.9 Å². The summed E-state index contributed by atoms with van der Waals surface area (Å²) in [4.78, 5) is 27.2. The highest BCUT2D eigenvalue weighted by molar-refractivity contribution is 5.87. The van der Waals surface area contributed by atoms with Gasteiger partial charge in [-0.2, -0.15) is 0 Å². The van der Waals surface area contributed by atoms with E-state index in [1.165, 1.54) is 0 Å². The lowest BCUT2D eigenvalue weighted by Gasteiger charge is -2.36. The number of amides is 2. The van der Waals surface area contributed by atoms with E-state index in [0.717, 1.165) is 31.3 Å². The number of rotatable bonds is 5. The molecule has 2 fully saturated rings. The summed E-state index contributed by atoms with van der Waals surface area (Å²) in [5.74, 6) is 0.176. The van der Waals surface area contributed by atoms with Gasteiger partial charge in [0.15, 0.2) is 0 Å². The number of allylic oxidation sites excluding steroid dienone is 2. The van der Waals surface area contributed by atoms with Gasteiger partial charge in [0.05, 0.1) is 0 Å². The molecule has 2 bridgehead atoms. The summed E-state index contributed by atoms with van der Waals surface area (Å²) in [6, 6.07) is -0.282. The molecule has 140 valence electrons. The molecule has 2 rings (SSSR count). The van der Waals surface area contributed by atoms with Crippen molar-refractivity contribution >= 4 is 12.0 Å². The van der Waals surface area contributed by atoms with Crippen LogP contribution in [0.5, 0.6) is 0 Å². The van der Waals surface area contributed by atoms with Crippen LogP contribution >= 0.6 is 0 Å².